The van der Waals surface area contributed by atoms with Gasteiger partial charge in [0, 0.05) is 61.7 Å². The van der Waals surface area contributed by atoms with Crippen LogP contribution in [-0.2, 0) is 6.54 Å². The first-order valence-electron chi connectivity index (χ1n) is 11.7. The molecular formula is C26H30FN5. The van der Waals surface area contributed by atoms with Crippen molar-refractivity contribution in [2.24, 2.45) is 0 Å². The van der Waals surface area contributed by atoms with E-state index in [-0.39, 0.29) is 6.04 Å². The molecule has 0 aliphatic carbocycles. The van der Waals surface area contributed by atoms with Gasteiger partial charge in [-0.15, -0.1) is 0 Å². The van der Waals surface area contributed by atoms with Gasteiger partial charge >= 0.3 is 0 Å². The van der Waals surface area contributed by atoms with E-state index in [1.54, 1.807) is 0 Å². The number of nitrogens with zero attached hydrogens (tertiary/aromatic N) is 3. The number of rotatable bonds is 3. The Kier molecular flexibility index (Phi) is 4.81. The summed E-state index contributed by atoms with van der Waals surface area (Å²) in [6, 6.07) is 16.0. The van der Waals surface area contributed by atoms with Crippen molar-refractivity contribution in [2.75, 3.05) is 36.4 Å². The lowest BCUT2D eigenvalue weighted by Crippen LogP contribution is -2.51. The Morgan fingerprint density at radius 2 is 2.03 bits per heavy atom. The summed E-state index contributed by atoms with van der Waals surface area (Å²) in [5, 5.41) is 7.75. The topological polar surface area (TPSA) is 43.4 Å². The second kappa shape index (κ2) is 7.71. The maximum atomic E-state index is 14.0. The van der Waals surface area contributed by atoms with E-state index < -0.39 is 6.17 Å². The number of benzene rings is 2. The highest BCUT2D eigenvalue weighted by Crippen LogP contribution is 2.42. The fourth-order valence-electron chi connectivity index (χ4n) is 5.79. The van der Waals surface area contributed by atoms with Crippen LogP contribution in [0.4, 0.5) is 15.8 Å². The third-order valence-corrected chi connectivity index (χ3v) is 7.48. The molecule has 2 aromatic carbocycles. The predicted octanol–water partition coefficient (Wildman–Crippen LogP) is 4.03. The predicted molar refractivity (Wildman–Crippen MR) is 128 cm³/mol. The molecule has 4 heterocycles. The monoisotopic (exact) mass is 431 g/mol. The lowest BCUT2D eigenvalue weighted by atomic mass is 9.99. The summed E-state index contributed by atoms with van der Waals surface area (Å²) in [4.78, 5) is 9.80. The van der Waals surface area contributed by atoms with Crippen molar-refractivity contribution in [1.82, 2.24) is 15.2 Å². The normalized spacial score (nSPS) is 27.5. The van der Waals surface area contributed by atoms with Crippen LogP contribution in [0.25, 0.3) is 10.9 Å². The third kappa shape index (κ3) is 3.24. The third-order valence-electron chi connectivity index (χ3n) is 7.48. The zero-order valence-corrected chi connectivity index (χ0v) is 18.7. The zero-order valence-electron chi connectivity index (χ0n) is 18.7. The standard InChI is InChI=1S/C26H30FN5/c1-16-5-8-24(21-4-3-9-29-26(16)21)31-13-17(2)32-14-18-10-19(6-7-20(18)25(32)15-31)30-23-12-28-11-22(23)27/h3-10,17,22-23,25,28,30H,11-15H2,1-2H3. The number of halogens is 1. The van der Waals surface area contributed by atoms with Gasteiger partial charge in [-0.3, -0.25) is 9.88 Å². The number of nitrogens with one attached hydrogen (secondary N) is 2. The minimum atomic E-state index is -0.831. The van der Waals surface area contributed by atoms with E-state index in [2.05, 4.69) is 75.7 Å². The molecule has 2 fully saturated rings. The minimum absolute atomic E-state index is 0.144. The van der Waals surface area contributed by atoms with Crippen molar-refractivity contribution in [1.29, 1.82) is 0 Å². The Labute approximate surface area is 188 Å². The van der Waals surface area contributed by atoms with Gasteiger partial charge < -0.3 is 15.5 Å². The van der Waals surface area contributed by atoms with Gasteiger partial charge in [-0.1, -0.05) is 12.1 Å². The lowest BCUT2D eigenvalue weighted by molar-refractivity contribution is 0.134. The number of pyridine rings is 1. The summed E-state index contributed by atoms with van der Waals surface area (Å²) in [5.74, 6) is 0. The van der Waals surface area contributed by atoms with Crippen LogP contribution in [-0.4, -0.2) is 54.3 Å². The van der Waals surface area contributed by atoms with Gasteiger partial charge in [0.2, 0.25) is 0 Å². The number of hydrogen-bond acceptors (Lipinski definition) is 5. The van der Waals surface area contributed by atoms with E-state index >= 15 is 0 Å². The smallest absolute Gasteiger partial charge is 0.134 e. The van der Waals surface area contributed by atoms with Gasteiger partial charge in [-0.25, -0.2) is 4.39 Å². The van der Waals surface area contributed by atoms with Crippen molar-refractivity contribution < 1.29 is 4.39 Å². The van der Waals surface area contributed by atoms with Gasteiger partial charge in [0.15, 0.2) is 0 Å². The molecule has 1 aromatic heterocycles. The fraction of sp³-hybridized carbons (Fsp3) is 0.423. The summed E-state index contributed by atoms with van der Waals surface area (Å²) in [5.41, 5.74) is 7.39. The SMILES string of the molecule is Cc1ccc(N2CC(C)N3Cc4cc(NC5CNCC5F)ccc4C3C2)c2cccnc12. The number of aromatic nitrogens is 1. The molecule has 2 N–H and O–H groups in total. The van der Waals surface area contributed by atoms with Gasteiger partial charge in [0.25, 0.3) is 0 Å². The molecule has 6 heteroatoms. The van der Waals surface area contributed by atoms with Gasteiger partial charge in [0.05, 0.1) is 17.6 Å². The van der Waals surface area contributed by atoms with E-state index in [1.807, 2.05) is 12.3 Å². The number of fused-ring (bicyclic) bond motifs is 4. The minimum Gasteiger partial charge on any atom is -0.378 e. The average molecular weight is 432 g/mol. The molecule has 32 heavy (non-hydrogen) atoms. The molecule has 3 aromatic rings. The van der Waals surface area contributed by atoms with Gasteiger partial charge in [-0.05, 0) is 60.9 Å². The van der Waals surface area contributed by atoms with Crippen LogP contribution in [0.5, 0.6) is 0 Å². The van der Waals surface area contributed by atoms with Crippen LogP contribution in [0.2, 0.25) is 0 Å². The van der Waals surface area contributed by atoms with E-state index in [0.29, 0.717) is 25.2 Å². The number of alkyl halides is 1. The summed E-state index contributed by atoms with van der Waals surface area (Å²) < 4.78 is 14.0. The quantitative estimate of drug-likeness (QED) is 0.656. The molecule has 0 spiro atoms. The summed E-state index contributed by atoms with van der Waals surface area (Å²) >= 11 is 0. The Balaban J connectivity index is 1.29. The van der Waals surface area contributed by atoms with Crippen molar-refractivity contribution in [3.8, 4) is 0 Å². The molecule has 0 amide bonds. The first-order valence-corrected chi connectivity index (χ1v) is 11.7. The highest BCUT2D eigenvalue weighted by molar-refractivity contribution is 5.93. The van der Waals surface area contributed by atoms with Crippen molar-refractivity contribution in [2.45, 2.75) is 44.7 Å². The van der Waals surface area contributed by atoms with Crippen LogP contribution >= 0.6 is 0 Å². The molecule has 166 valence electrons. The van der Waals surface area contributed by atoms with Crippen molar-refractivity contribution in [3.05, 3.63) is 65.4 Å². The van der Waals surface area contributed by atoms with E-state index in [9.17, 15) is 4.39 Å². The Bertz CT molecular complexity index is 1160. The van der Waals surface area contributed by atoms with Gasteiger partial charge in [0.1, 0.15) is 6.17 Å². The Hall–Kier alpha value is -2.70. The fourth-order valence-corrected chi connectivity index (χ4v) is 5.79. The molecule has 4 atom stereocenters. The van der Waals surface area contributed by atoms with E-state index in [1.165, 1.54) is 27.8 Å². The Morgan fingerprint density at radius 3 is 2.88 bits per heavy atom. The second-order valence-electron chi connectivity index (χ2n) is 9.58. The number of hydrogen-bond donors (Lipinski definition) is 2. The van der Waals surface area contributed by atoms with E-state index in [0.717, 1.165) is 30.8 Å². The molecule has 3 aliphatic rings. The number of aryl methyl sites for hydroxylation is 1. The van der Waals surface area contributed by atoms with Crippen LogP contribution in [0, 0.1) is 6.92 Å². The van der Waals surface area contributed by atoms with Crippen molar-refractivity contribution in [3.63, 3.8) is 0 Å². The maximum absolute atomic E-state index is 14.0. The molecular weight excluding hydrogens is 401 g/mol. The summed E-state index contributed by atoms with van der Waals surface area (Å²) in [6.07, 6.45) is 1.05. The Morgan fingerprint density at radius 1 is 1.12 bits per heavy atom. The molecule has 4 unspecified atom stereocenters. The largest absolute Gasteiger partial charge is 0.378 e. The number of piperazine rings is 1. The first kappa shape index (κ1) is 19.9. The highest BCUT2D eigenvalue weighted by atomic mass is 19.1. The van der Waals surface area contributed by atoms with E-state index in [4.69, 9.17) is 0 Å². The van der Waals surface area contributed by atoms with Crippen LogP contribution < -0.4 is 15.5 Å². The lowest BCUT2D eigenvalue weighted by Gasteiger charge is -2.44. The molecule has 3 aliphatic heterocycles. The van der Waals surface area contributed by atoms with Crippen LogP contribution in [0.3, 0.4) is 0 Å². The zero-order chi connectivity index (χ0) is 21.8. The van der Waals surface area contributed by atoms with Crippen LogP contribution in [0.1, 0.15) is 29.7 Å². The second-order valence-corrected chi connectivity index (χ2v) is 9.58. The molecule has 5 nitrogen and oxygen atoms in total. The number of anilines is 2. The molecule has 0 bridgehead atoms. The highest BCUT2D eigenvalue weighted by Gasteiger charge is 2.39. The molecule has 2 saturated heterocycles. The molecule has 0 saturated carbocycles. The summed E-state index contributed by atoms with van der Waals surface area (Å²) in [7, 11) is 0. The first-order chi connectivity index (χ1) is 15.6. The molecule has 6 rings (SSSR count). The maximum Gasteiger partial charge on any atom is 0.134 e. The molecule has 0 radical (unpaired) electrons. The van der Waals surface area contributed by atoms with Crippen molar-refractivity contribution >= 4 is 22.3 Å². The average Bonchev–Trinajstić information content (AvgIpc) is 3.37. The summed E-state index contributed by atoms with van der Waals surface area (Å²) in [6.45, 7) is 8.51. The van der Waals surface area contributed by atoms with Gasteiger partial charge in [-0.2, -0.15) is 0 Å². The van der Waals surface area contributed by atoms with Crippen LogP contribution in [0.15, 0.2) is 48.7 Å².